The quantitative estimate of drug-likeness (QED) is 0.170. The van der Waals surface area contributed by atoms with Crippen LogP contribution in [0.2, 0.25) is 0 Å². The van der Waals surface area contributed by atoms with Crippen LogP contribution >= 0.6 is 24.0 Å². The third kappa shape index (κ3) is 9.53. The zero-order valence-electron chi connectivity index (χ0n) is 17.6. The number of nitrogens with zero attached hydrogens (tertiary/aromatic N) is 1. The lowest BCUT2D eigenvalue weighted by atomic mass is 10.2. The summed E-state index contributed by atoms with van der Waals surface area (Å²) >= 11 is 0. The molecule has 3 N–H and O–H groups in total. The summed E-state index contributed by atoms with van der Waals surface area (Å²) in [6.45, 7) is 4.92. The van der Waals surface area contributed by atoms with Crippen LogP contribution in [0.3, 0.4) is 0 Å². The predicted octanol–water partition coefficient (Wildman–Crippen LogP) is 3.21. The Bertz CT molecular complexity index is 744. The molecule has 0 fully saturated rings. The van der Waals surface area contributed by atoms with Gasteiger partial charge in [0.1, 0.15) is 12.4 Å². The summed E-state index contributed by atoms with van der Waals surface area (Å²) in [7, 11) is 1.59. The van der Waals surface area contributed by atoms with Gasteiger partial charge in [-0.3, -0.25) is 0 Å². The second-order valence-corrected chi connectivity index (χ2v) is 6.19. The summed E-state index contributed by atoms with van der Waals surface area (Å²) in [4.78, 5) is 4.62. The Morgan fingerprint density at radius 1 is 1.00 bits per heavy atom. The smallest absolute Gasteiger partial charge is 0.191 e. The average Bonchev–Trinajstić information content (AvgIpc) is 2.76. The lowest BCUT2D eigenvalue weighted by Gasteiger charge is -2.13. The standard InChI is InChI=1S/C22H31N3O4.HI/c1-3-23-22(24-12-7-14-28-19-8-5-4-6-9-19)25-17-18-10-11-20(29-15-13-26)21(16-18)27-2;/h4-6,8-11,16,26H,3,7,12-15,17H2,1-2H3,(H2,23,24,25);1H. The highest BCUT2D eigenvalue weighted by atomic mass is 127. The normalized spacial score (nSPS) is 10.7. The molecule has 0 amide bonds. The first-order chi connectivity index (χ1) is 14.3. The average molecular weight is 529 g/mol. The van der Waals surface area contributed by atoms with Gasteiger partial charge in [0.25, 0.3) is 0 Å². The topological polar surface area (TPSA) is 84.3 Å². The molecule has 0 unspecified atom stereocenters. The largest absolute Gasteiger partial charge is 0.494 e. The van der Waals surface area contributed by atoms with Gasteiger partial charge < -0.3 is 30.0 Å². The van der Waals surface area contributed by atoms with Gasteiger partial charge in [-0.25, -0.2) is 4.99 Å². The van der Waals surface area contributed by atoms with Crippen molar-refractivity contribution >= 4 is 29.9 Å². The summed E-state index contributed by atoms with van der Waals surface area (Å²) < 4.78 is 16.5. The molecule has 166 valence electrons. The van der Waals surface area contributed by atoms with Gasteiger partial charge in [-0.15, -0.1) is 24.0 Å². The Morgan fingerprint density at radius 2 is 1.80 bits per heavy atom. The minimum absolute atomic E-state index is 0. The second-order valence-electron chi connectivity index (χ2n) is 6.19. The van der Waals surface area contributed by atoms with Gasteiger partial charge in [0, 0.05) is 13.1 Å². The molecule has 2 aromatic carbocycles. The van der Waals surface area contributed by atoms with E-state index < -0.39 is 0 Å². The van der Waals surface area contributed by atoms with Gasteiger partial charge in [0.2, 0.25) is 0 Å². The van der Waals surface area contributed by atoms with Crippen LogP contribution in [0.5, 0.6) is 17.2 Å². The fourth-order valence-corrected chi connectivity index (χ4v) is 2.58. The van der Waals surface area contributed by atoms with E-state index in [1.165, 1.54) is 0 Å². The number of ether oxygens (including phenoxy) is 3. The highest BCUT2D eigenvalue weighted by Gasteiger charge is 2.06. The molecule has 0 saturated carbocycles. The van der Waals surface area contributed by atoms with Gasteiger partial charge in [-0.05, 0) is 43.2 Å². The molecular formula is C22H32IN3O4. The molecule has 8 heteroatoms. The van der Waals surface area contributed by atoms with Crippen LogP contribution in [0.1, 0.15) is 18.9 Å². The Morgan fingerprint density at radius 3 is 2.50 bits per heavy atom. The summed E-state index contributed by atoms with van der Waals surface area (Å²) in [5.74, 6) is 2.88. The molecule has 2 aromatic rings. The first-order valence-electron chi connectivity index (χ1n) is 9.87. The molecule has 7 nitrogen and oxygen atoms in total. The van der Waals surface area contributed by atoms with E-state index in [9.17, 15) is 0 Å². The highest BCUT2D eigenvalue weighted by Crippen LogP contribution is 2.28. The molecule has 0 aliphatic carbocycles. The lowest BCUT2D eigenvalue weighted by Crippen LogP contribution is -2.38. The lowest BCUT2D eigenvalue weighted by molar-refractivity contribution is 0.196. The van der Waals surface area contributed by atoms with E-state index in [-0.39, 0.29) is 37.2 Å². The Hall–Kier alpha value is -2.20. The van der Waals surface area contributed by atoms with Crippen LogP contribution in [0.25, 0.3) is 0 Å². The number of nitrogens with one attached hydrogen (secondary N) is 2. The minimum Gasteiger partial charge on any atom is -0.494 e. The number of para-hydroxylation sites is 1. The zero-order chi connectivity index (χ0) is 20.7. The van der Waals surface area contributed by atoms with Crippen molar-refractivity contribution in [1.29, 1.82) is 0 Å². The van der Waals surface area contributed by atoms with E-state index in [0.29, 0.717) is 24.7 Å². The number of benzene rings is 2. The van der Waals surface area contributed by atoms with Crippen molar-refractivity contribution in [1.82, 2.24) is 10.6 Å². The Labute approximate surface area is 195 Å². The van der Waals surface area contributed by atoms with Gasteiger partial charge in [-0.2, -0.15) is 0 Å². The second kappa shape index (κ2) is 15.6. The van der Waals surface area contributed by atoms with Crippen LogP contribution in [-0.4, -0.2) is 51.1 Å². The molecule has 0 aliphatic heterocycles. The highest BCUT2D eigenvalue weighted by molar-refractivity contribution is 14.0. The maximum atomic E-state index is 8.90. The number of aliphatic hydroxyl groups excluding tert-OH is 1. The molecule has 0 radical (unpaired) electrons. The fourth-order valence-electron chi connectivity index (χ4n) is 2.58. The van der Waals surface area contributed by atoms with Crippen molar-refractivity contribution in [2.45, 2.75) is 19.9 Å². The first kappa shape index (κ1) is 25.8. The van der Waals surface area contributed by atoms with Crippen molar-refractivity contribution in [2.75, 3.05) is 40.0 Å². The molecule has 30 heavy (non-hydrogen) atoms. The van der Waals surface area contributed by atoms with Crippen molar-refractivity contribution in [2.24, 2.45) is 4.99 Å². The molecule has 2 rings (SSSR count). The number of methoxy groups -OCH3 is 1. The minimum atomic E-state index is -0.0384. The van der Waals surface area contributed by atoms with Gasteiger partial charge in [-0.1, -0.05) is 24.3 Å². The van der Waals surface area contributed by atoms with Gasteiger partial charge in [0.05, 0.1) is 26.9 Å². The molecule has 0 spiro atoms. The van der Waals surface area contributed by atoms with Crippen molar-refractivity contribution in [3.63, 3.8) is 0 Å². The van der Waals surface area contributed by atoms with E-state index >= 15 is 0 Å². The number of hydrogen-bond donors (Lipinski definition) is 3. The number of aliphatic imine (C=N–C) groups is 1. The maximum Gasteiger partial charge on any atom is 0.191 e. The van der Waals surface area contributed by atoms with Crippen LogP contribution < -0.4 is 24.8 Å². The molecule has 0 saturated heterocycles. The van der Waals surface area contributed by atoms with E-state index in [0.717, 1.165) is 36.8 Å². The molecule has 0 atom stereocenters. The summed E-state index contributed by atoms with van der Waals surface area (Å²) in [5.41, 5.74) is 1.00. The van der Waals surface area contributed by atoms with Gasteiger partial charge >= 0.3 is 0 Å². The van der Waals surface area contributed by atoms with Crippen LogP contribution in [0.15, 0.2) is 53.5 Å². The van der Waals surface area contributed by atoms with Crippen LogP contribution in [-0.2, 0) is 6.54 Å². The van der Waals surface area contributed by atoms with Crippen molar-refractivity contribution in [3.05, 3.63) is 54.1 Å². The fraction of sp³-hybridized carbons (Fsp3) is 0.409. The molecular weight excluding hydrogens is 497 g/mol. The third-order valence-corrected chi connectivity index (χ3v) is 3.97. The van der Waals surface area contributed by atoms with E-state index in [1.807, 2.05) is 55.5 Å². The first-order valence-corrected chi connectivity index (χ1v) is 9.87. The number of guanidine groups is 1. The van der Waals surface area contributed by atoms with E-state index in [4.69, 9.17) is 19.3 Å². The number of rotatable bonds is 12. The summed E-state index contributed by atoms with van der Waals surface area (Å²) in [6, 6.07) is 15.5. The summed E-state index contributed by atoms with van der Waals surface area (Å²) in [6.07, 6.45) is 0.865. The van der Waals surface area contributed by atoms with Crippen LogP contribution in [0, 0.1) is 0 Å². The Kier molecular flexibility index (Phi) is 13.4. The Balaban J connectivity index is 0.00000450. The third-order valence-electron chi connectivity index (χ3n) is 3.97. The van der Waals surface area contributed by atoms with Crippen molar-refractivity contribution < 1.29 is 19.3 Å². The molecule has 0 heterocycles. The van der Waals surface area contributed by atoms with Crippen LogP contribution in [0.4, 0.5) is 0 Å². The molecule has 0 aromatic heterocycles. The van der Waals surface area contributed by atoms with Gasteiger partial charge in [0.15, 0.2) is 17.5 Å². The zero-order valence-corrected chi connectivity index (χ0v) is 19.9. The number of aliphatic hydroxyl groups is 1. The number of halogens is 1. The van der Waals surface area contributed by atoms with E-state index in [2.05, 4.69) is 15.6 Å². The maximum absolute atomic E-state index is 8.90. The summed E-state index contributed by atoms with van der Waals surface area (Å²) in [5, 5.41) is 15.5. The molecule has 0 aliphatic rings. The number of hydrogen-bond acceptors (Lipinski definition) is 5. The molecule has 0 bridgehead atoms. The van der Waals surface area contributed by atoms with E-state index in [1.54, 1.807) is 7.11 Å². The predicted molar refractivity (Wildman–Crippen MR) is 130 cm³/mol. The monoisotopic (exact) mass is 529 g/mol. The SMILES string of the molecule is CCNC(=NCc1ccc(OCCO)c(OC)c1)NCCCOc1ccccc1.I. The van der Waals surface area contributed by atoms with Crippen molar-refractivity contribution in [3.8, 4) is 17.2 Å².